The number of nitrogens with one attached hydrogen (secondary N) is 1. The van der Waals surface area contributed by atoms with Crippen LogP contribution in [0.2, 0.25) is 0 Å². The van der Waals surface area contributed by atoms with E-state index in [1.54, 1.807) is 7.05 Å². The second-order valence-corrected chi connectivity index (χ2v) is 3.86. The van der Waals surface area contributed by atoms with Crippen LogP contribution in [0.4, 0.5) is 0 Å². The van der Waals surface area contributed by atoms with E-state index in [1.807, 2.05) is 18.5 Å². The Labute approximate surface area is 87.5 Å². The number of aryl methyl sites for hydroxylation is 1. The molecule has 0 aliphatic heterocycles. The lowest BCUT2D eigenvalue weighted by Crippen LogP contribution is -2.25. The number of aromatic nitrogens is 3. The molecule has 0 aromatic carbocycles. The van der Waals surface area contributed by atoms with E-state index in [9.17, 15) is 0 Å². The summed E-state index contributed by atoms with van der Waals surface area (Å²) in [7, 11) is 3.69. The van der Waals surface area contributed by atoms with Gasteiger partial charge in [0.2, 0.25) is 0 Å². The molecule has 5 nitrogen and oxygen atoms in total. The van der Waals surface area contributed by atoms with Crippen LogP contribution in [-0.4, -0.2) is 33.6 Å². The Hall–Kier alpha value is -1.06. The van der Waals surface area contributed by atoms with E-state index in [-0.39, 0.29) is 6.04 Å². The van der Waals surface area contributed by atoms with Crippen molar-refractivity contribution in [3.63, 3.8) is 0 Å². The van der Waals surface area contributed by atoms with Gasteiger partial charge in [0.05, 0.1) is 6.07 Å². The summed E-state index contributed by atoms with van der Waals surface area (Å²) < 4.78 is 1.91. The van der Waals surface area contributed by atoms with Gasteiger partial charge in [0.15, 0.2) is 5.16 Å². The van der Waals surface area contributed by atoms with Gasteiger partial charge in [-0.1, -0.05) is 11.8 Å². The predicted molar refractivity (Wildman–Crippen MR) is 54.9 cm³/mol. The van der Waals surface area contributed by atoms with Gasteiger partial charge < -0.3 is 9.88 Å². The number of rotatable bonds is 4. The minimum Gasteiger partial charge on any atom is -0.309 e. The Morgan fingerprint density at radius 1 is 1.64 bits per heavy atom. The maximum absolute atomic E-state index is 8.71. The summed E-state index contributed by atoms with van der Waals surface area (Å²) in [5.41, 5.74) is 0. The maximum atomic E-state index is 8.71. The summed E-state index contributed by atoms with van der Waals surface area (Å²) in [5.74, 6) is 1.56. The molecule has 0 saturated heterocycles. The molecular weight excluding hydrogens is 198 g/mol. The average Bonchev–Trinajstić information content (AvgIpc) is 2.51. The van der Waals surface area contributed by atoms with E-state index in [4.69, 9.17) is 5.26 Å². The molecule has 6 heteroatoms. The van der Waals surface area contributed by atoms with Gasteiger partial charge in [-0.25, -0.2) is 0 Å². The number of hydrogen-bond acceptors (Lipinski definition) is 5. The summed E-state index contributed by atoms with van der Waals surface area (Å²) in [4.78, 5) is 0. The Kier molecular flexibility index (Phi) is 3.92. The van der Waals surface area contributed by atoms with Crippen LogP contribution in [0, 0.1) is 18.3 Å². The highest BCUT2D eigenvalue weighted by Crippen LogP contribution is 2.15. The first kappa shape index (κ1) is 11.0. The zero-order chi connectivity index (χ0) is 10.6. The SMILES string of the molecule is CNC(C#N)CSc1nnc(C)n1C. The summed E-state index contributed by atoms with van der Waals surface area (Å²) >= 11 is 1.53. The van der Waals surface area contributed by atoms with Crippen LogP contribution in [0.1, 0.15) is 5.82 Å². The Bertz CT molecular complexity index is 340. The van der Waals surface area contributed by atoms with Gasteiger partial charge >= 0.3 is 0 Å². The number of thioether (sulfide) groups is 1. The van der Waals surface area contributed by atoms with Crippen molar-refractivity contribution in [1.82, 2.24) is 20.1 Å². The molecule has 1 N–H and O–H groups in total. The molecule has 0 amide bonds. The molecule has 1 atom stereocenters. The average molecular weight is 211 g/mol. The first-order valence-corrected chi connectivity index (χ1v) is 5.23. The molecule has 14 heavy (non-hydrogen) atoms. The number of nitriles is 1. The van der Waals surface area contributed by atoms with Gasteiger partial charge in [0.1, 0.15) is 11.9 Å². The third-order valence-electron chi connectivity index (χ3n) is 1.94. The van der Waals surface area contributed by atoms with Crippen LogP contribution < -0.4 is 5.32 Å². The van der Waals surface area contributed by atoms with Crippen molar-refractivity contribution < 1.29 is 0 Å². The van der Waals surface area contributed by atoms with E-state index in [2.05, 4.69) is 21.6 Å². The Morgan fingerprint density at radius 2 is 2.36 bits per heavy atom. The molecule has 1 rings (SSSR count). The Balaban J connectivity index is 2.54. The molecule has 0 saturated carbocycles. The largest absolute Gasteiger partial charge is 0.309 e. The van der Waals surface area contributed by atoms with E-state index in [0.29, 0.717) is 5.75 Å². The second-order valence-electron chi connectivity index (χ2n) is 2.87. The molecular formula is C8H13N5S. The summed E-state index contributed by atoms with van der Waals surface area (Å²) in [5, 5.41) is 20.4. The lowest BCUT2D eigenvalue weighted by atomic mass is 10.4. The van der Waals surface area contributed by atoms with Crippen LogP contribution in [0.5, 0.6) is 0 Å². The lowest BCUT2D eigenvalue weighted by molar-refractivity contribution is 0.737. The quantitative estimate of drug-likeness (QED) is 0.727. The molecule has 0 aliphatic carbocycles. The van der Waals surface area contributed by atoms with E-state index in [0.717, 1.165) is 11.0 Å². The van der Waals surface area contributed by atoms with Crippen molar-refractivity contribution in [2.45, 2.75) is 18.1 Å². The highest BCUT2D eigenvalue weighted by molar-refractivity contribution is 7.99. The van der Waals surface area contributed by atoms with Crippen LogP contribution in [0.3, 0.4) is 0 Å². The summed E-state index contributed by atoms with van der Waals surface area (Å²) in [6, 6.07) is 2.02. The van der Waals surface area contributed by atoms with Crippen LogP contribution in [0.15, 0.2) is 5.16 Å². The van der Waals surface area contributed by atoms with Gasteiger partial charge in [0.25, 0.3) is 0 Å². The zero-order valence-electron chi connectivity index (χ0n) is 8.48. The molecule has 1 aromatic heterocycles. The third kappa shape index (κ3) is 2.47. The third-order valence-corrected chi connectivity index (χ3v) is 3.05. The normalized spacial score (nSPS) is 12.4. The molecule has 1 unspecified atom stereocenters. The van der Waals surface area contributed by atoms with Crippen molar-refractivity contribution >= 4 is 11.8 Å². The molecule has 1 heterocycles. The molecule has 0 radical (unpaired) electrons. The number of nitrogens with zero attached hydrogens (tertiary/aromatic N) is 4. The first-order chi connectivity index (χ1) is 6.69. The smallest absolute Gasteiger partial charge is 0.191 e. The molecule has 76 valence electrons. The van der Waals surface area contributed by atoms with Crippen LogP contribution >= 0.6 is 11.8 Å². The van der Waals surface area contributed by atoms with Crippen molar-refractivity contribution in [3.8, 4) is 6.07 Å². The number of hydrogen-bond donors (Lipinski definition) is 1. The minimum absolute atomic E-state index is 0.142. The molecule has 0 aliphatic rings. The maximum Gasteiger partial charge on any atom is 0.191 e. The van der Waals surface area contributed by atoms with E-state index < -0.39 is 0 Å². The Morgan fingerprint density at radius 3 is 2.79 bits per heavy atom. The minimum atomic E-state index is -0.142. The fourth-order valence-corrected chi connectivity index (χ4v) is 1.84. The summed E-state index contributed by atoms with van der Waals surface area (Å²) in [6.07, 6.45) is 0. The van der Waals surface area contributed by atoms with Gasteiger partial charge in [-0.05, 0) is 14.0 Å². The van der Waals surface area contributed by atoms with E-state index >= 15 is 0 Å². The predicted octanol–water partition coefficient (Wildman–Crippen LogP) is 0.327. The van der Waals surface area contributed by atoms with Crippen LogP contribution in [-0.2, 0) is 7.05 Å². The van der Waals surface area contributed by atoms with Crippen molar-refractivity contribution in [2.75, 3.05) is 12.8 Å². The van der Waals surface area contributed by atoms with Gasteiger partial charge in [-0.2, -0.15) is 5.26 Å². The highest BCUT2D eigenvalue weighted by atomic mass is 32.2. The molecule has 0 spiro atoms. The fourth-order valence-electron chi connectivity index (χ4n) is 0.856. The highest BCUT2D eigenvalue weighted by Gasteiger charge is 2.09. The van der Waals surface area contributed by atoms with Crippen LogP contribution in [0.25, 0.3) is 0 Å². The van der Waals surface area contributed by atoms with Crippen molar-refractivity contribution in [2.24, 2.45) is 7.05 Å². The topological polar surface area (TPSA) is 66.5 Å². The van der Waals surface area contributed by atoms with Gasteiger partial charge in [0, 0.05) is 12.8 Å². The first-order valence-electron chi connectivity index (χ1n) is 4.24. The van der Waals surface area contributed by atoms with Crippen molar-refractivity contribution in [3.05, 3.63) is 5.82 Å². The van der Waals surface area contributed by atoms with Gasteiger partial charge in [-0.15, -0.1) is 10.2 Å². The second kappa shape index (κ2) is 4.98. The molecule has 0 fully saturated rings. The monoisotopic (exact) mass is 211 g/mol. The summed E-state index contributed by atoms with van der Waals surface area (Å²) in [6.45, 7) is 1.90. The zero-order valence-corrected chi connectivity index (χ0v) is 9.30. The lowest BCUT2D eigenvalue weighted by Gasteiger charge is -2.05. The fraction of sp³-hybridized carbons (Fsp3) is 0.625. The van der Waals surface area contributed by atoms with Crippen molar-refractivity contribution in [1.29, 1.82) is 5.26 Å². The van der Waals surface area contributed by atoms with Gasteiger partial charge in [-0.3, -0.25) is 0 Å². The molecule has 1 aromatic rings. The van der Waals surface area contributed by atoms with E-state index in [1.165, 1.54) is 11.8 Å². The molecule has 0 bridgehead atoms. The standard InChI is InChI=1S/C8H13N5S/c1-6-11-12-8(13(6)3)14-5-7(4-9)10-2/h7,10H,5H2,1-3H3.